The molecule has 1 aromatic heterocycles. The summed E-state index contributed by atoms with van der Waals surface area (Å²) in [5, 5.41) is 9.55. The third kappa shape index (κ3) is 2.58. The van der Waals surface area contributed by atoms with E-state index >= 15 is 0 Å². The van der Waals surface area contributed by atoms with Crippen molar-refractivity contribution in [2.75, 3.05) is 25.5 Å². The maximum Gasteiger partial charge on any atom is 0.273 e. The lowest BCUT2D eigenvalue weighted by Crippen LogP contribution is -2.30. The van der Waals surface area contributed by atoms with Gasteiger partial charge in [0.05, 0.1) is 18.0 Å². The number of nitrogen functional groups attached to an aromatic ring is 1. The summed E-state index contributed by atoms with van der Waals surface area (Å²) in [4.78, 5) is 11.8. The van der Waals surface area contributed by atoms with E-state index in [1.165, 1.54) is 0 Å². The highest BCUT2D eigenvalue weighted by atomic mass is 16.5. The van der Waals surface area contributed by atoms with Gasteiger partial charge >= 0.3 is 0 Å². The molecule has 94 valence electrons. The molecular weight excluding hydrogens is 220 g/mol. The fourth-order valence-corrected chi connectivity index (χ4v) is 1.89. The van der Waals surface area contributed by atoms with Crippen molar-refractivity contribution in [1.29, 1.82) is 0 Å². The van der Waals surface area contributed by atoms with Gasteiger partial charge in [0.15, 0.2) is 5.69 Å². The van der Waals surface area contributed by atoms with Crippen LogP contribution < -0.4 is 11.1 Å². The molecule has 0 radical (unpaired) electrons. The topological polar surface area (TPSA) is 93.0 Å². The Balaban J connectivity index is 1.92. The number of carbonyl (C=O) groups excluding carboxylic acids is 1. The van der Waals surface area contributed by atoms with Gasteiger partial charge in [-0.05, 0) is 12.8 Å². The second-order valence-corrected chi connectivity index (χ2v) is 4.26. The summed E-state index contributed by atoms with van der Waals surface area (Å²) < 4.78 is 5.24. The number of nitrogens with one attached hydrogen (secondary N) is 2. The molecule has 2 rings (SSSR count). The molecule has 1 fully saturated rings. The fourth-order valence-electron chi connectivity index (χ4n) is 1.89. The Hall–Kier alpha value is -1.56. The Bertz CT molecular complexity index is 396. The normalized spacial score (nSPS) is 19.5. The summed E-state index contributed by atoms with van der Waals surface area (Å²) in [7, 11) is 0. The molecule has 6 nitrogen and oxygen atoms in total. The molecule has 0 bridgehead atoms. The van der Waals surface area contributed by atoms with Crippen LogP contribution in [0.15, 0.2) is 0 Å². The minimum absolute atomic E-state index is 0.217. The fraction of sp³-hybridized carbons (Fsp3) is 0.636. The van der Waals surface area contributed by atoms with Gasteiger partial charge in [0, 0.05) is 19.1 Å². The second kappa shape index (κ2) is 5.18. The maximum absolute atomic E-state index is 11.8. The zero-order chi connectivity index (χ0) is 12.3. The van der Waals surface area contributed by atoms with Crippen molar-refractivity contribution in [2.45, 2.75) is 19.8 Å². The molecule has 0 spiro atoms. The van der Waals surface area contributed by atoms with Crippen LogP contribution in [0, 0.1) is 5.92 Å². The number of aromatic amines is 1. The summed E-state index contributed by atoms with van der Waals surface area (Å²) in [6.45, 7) is 4.08. The Morgan fingerprint density at radius 1 is 1.71 bits per heavy atom. The molecule has 0 saturated carbocycles. The Labute approximate surface area is 99.9 Å². The van der Waals surface area contributed by atoms with Gasteiger partial charge in [-0.3, -0.25) is 9.89 Å². The number of hydrogen-bond donors (Lipinski definition) is 3. The van der Waals surface area contributed by atoms with Crippen LogP contribution in [0.25, 0.3) is 0 Å². The van der Waals surface area contributed by atoms with Gasteiger partial charge in [-0.25, -0.2) is 0 Å². The first kappa shape index (κ1) is 11.9. The smallest absolute Gasteiger partial charge is 0.273 e. The lowest BCUT2D eigenvalue weighted by molar-refractivity contribution is 0.0941. The van der Waals surface area contributed by atoms with E-state index in [1.54, 1.807) is 0 Å². The number of rotatable bonds is 4. The molecule has 1 aliphatic rings. The number of carbonyl (C=O) groups is 1. The monoisotopic (exact) mass is 238 g/mol. The zero-order valence-corrected chi connectivity index (χ0v) is 9.95. The molecule has 1 amide bonds. The summed E-state index contributed by atoms with van der Waals surface area (Å²) in [5.41, 5.74) is 7.37. The Morgan fingerprint density at radius 2 is 2.53 bits per heavy atom. The van der Waals surface area contributed by atoms with Crippen LogP contribution >= 0.6 is 0 Å². The molecular formula is C11H18N4O2. The van der Waals surface area contributed by atoms with Crippen LogP contribution in [-0.4, -0.2) is 35.9 Å². The van der Waals surface area contributed by atoms with Gasteiger partial charge in [0.25, 0.3) is 5.91 Å². The van der Waals surface area contributed by atoms with Crippen LogP contribution in [-0.2, 0) is 11.2 Å². The minimum Gasteiger partial charge on any atom is -0.395 e. The standard InChI is InChI=1S/C11H18N4O2/c1-2-8-9(12)10(15-14-8)11(16)13-5-7-3-4-17-6-7/h7H,2-6,12H2,1H3,(H,13,16)(H,14,15). The van der Waals surface area contributed by atoms with E-state index in [4.69, 9.17) is 10.5 Å². The van der Waals surface area contributed by atoms with E-state index < -0.39 is 0 Å². The second-order valence-electron chi connectivity index (χ2n) is 4.26. The third-order valence-electron chi connectivity index (χ3n) is 3.03. The van der Waals surface area contributed by atoms with Crippen molar-refractivity contribution >= 4 is 11.6 Å². The highest BCUT2D eigenvalue weighted by Crippen LogP contribution is 2.15. The number of hydrogen-bond acceptors (Lipinski definition) is 4. The lowest BCUT2D eigenvalue weighted by atomic mass is 10.1. The predicted molar refractivity (Wildman–Crippen MR) is 63.6 cm³/mol. The van der Waals surface area contributed by atoms with E-state index in [9.17, 15) is 4.79 Å². The van der Waals surface area contributed by atoms with E-state index in [-0.39, 0.29) is 5.91 Å². The van der Waals surface area contributed by atoms with Crippen LogP contribution in [0.3, 0.4) is 0 Å². The van der Waals surface area contributed by atoms with Gasteiger partial charge in [0.1, 0.15) is 0 Å². The maximum atomic E-state index is 11.8. The van der Waals surface area contributed by atoms with Crippen molar-refractivity contribution in [1.82, 2.24) is 15.5 Å². The van der Waals surface area contributed by atoms with Gasteiger partial charge in [0.2, 0.25) is 0 Å². The van der Waals surface area contributed by atoms with Crippen molar-refractivity contribution in [2.24, 2.45) is 5.92 Å². The van der Waals surface area contributed by atoms with Crippen molar-refractivity contribution < 1.29 is 9.53 Å². The lowest BCUT2D eigenvalue weighted by Gasteiger charge is -2.08. The molecule has 1 aromatic rings. The highest BCUT2D eigenvalue weighted by molar-refractivity contribution is 5.97. The van der Waals surface area contributed by atoms with Crippen molar-refractivity contribution in [3.63, 3.8) is 0 Å². The van der Waals surface area contributed by atoms with Crippen molar-refractivity contribution in [3.8, 4) is 0 Å². The molecule has 4 N–H and O–H groups in total. The number of nitrogens with two attached hydrogens (primary N) is 1. The number of aryl methyl sites for hydroxylation is 1. The largest absolute Gasteiger partial charge is 0.395 e. The Kier molecular flexibility index (Phi) is 3.63. The van der Waals surface area contributed by atoms with Crippen LogP contribution in [0.1, 0.15) is 29.5 Å². The Morgan fingerprint density at radius 3 is 3.12 bits per heavy atom. The number of anilines is 1. The first-order valence-electron chi connectivity index (χ1n) is 5.91. The van der Waals surface area contributed by atoms with Crippen LogP contribution in [0.5, 0.6) is 0 Å². The molecule has 1 saturated heterocycles. The molecule has 0 aromatic carbocycles. The third-order valence-corrected chi connectivity index (χ3v) is 3.03. The zero-order valence-electron chi connectivity index (χ0n) is 9.95. The van der Waals surface area contributed by atoms with Gasteiger partial charge in [-0.2, -0.15) is 5.10 Å². The van der Waals surface area contributed by atoms with E-state index in [0.29, 0.717) is 23.8 Å². The number of nitrogens with zero attached hydrogens (tertiary/aromatic N) is 1. The molecule has 1 aliphatic heterocycles. The molecule has 1 atom stereocenters. The average Bonchev–Trinajstić information content (AvgIpc) is 2.95. The van der Waals surface area contributed by atoms with Gasteiger partial charge in [-0.15, -0.1) is 0 Å². The molecule has 17 heavy (non-hydrogen) atoms. The first-order valence-corrected chi connectivity index (χ1v) is 5.91. The average molecular weight is 238 g/mol. The summed E-state index contributed by atoms with van der Waals surface area (Å²) in [5.74, 6) is 0.190. The molecule has 1 unspecified atom stereocenters. The van der Waals surface area contributed by atoms with E-state index in [2.05, 4.69) is 15.5 Å². The van der Waals surface area contributed by atoms with E-state index in [0.717, 1.165) is 31.7 Å². The SMILES string of the molecule is CCc1[nH]nc(C(=O)NCC2CCOC2)c1N. The highest BCUT2D eigenvalue weighted by Gasteiger charge is 2.19. The number of amides is 1. The quantitative estimate of drug-likeness (QED) is 0.704. The summed E-state index contributed by atoms with van der Waals surface area (Å²) >= 11 is 0. The molecule has 2 heterocycles. The van der Waals surface area contributed by atoms with Gasteiger partial charge < -0.3 is 15.8 Å². The number of ether oxygens (including phenoxy) is 1. The van der Waals surface area contributed by atoms with E-state index in [1.807, 2.05) is 6.92 Å². The molecule has 0 aliphatic carbocycles. The predicted octanol–water partition coefficient (Wildman–Crippen LogP) is 0.321. The summed E-state index contributed by atoms with van der Waals surface area (Å²) in [6.07, 6.45) is 1.74. The number of H-pyrrole nitrogens is 1. The van der Waals surface area contributed by atoms with Crippen LogP contribution in [0.4, 0.5) is 5.69 Å². The summed E-state index contributed by atoms with van der Waals surface area (Å²) in [6, 6.07) is 0. The van der Waals surface area contributed by atoms with Crippen molar-refractivity contribution in [3.05, 3.63) is 11.4 Å². The number of aromatic nitrogens is 2. The van der Waals surface area contributed by atoms with Crippen LogP contribution in [0.2, 0.25) is 0 Å². The first-order chi connectivity index (χ1) is 8.22. The molecule has 6 heteroatoms. The van der Waals surface area contributed by atoms with Gasteiger partial charge in [-0.1, -0.05) is 6.92 Å². The minimum atomic E-state index is -0.217.